The van der Waals surface area contributed by atoms with Crippen molar-refractivity contribution < 1.29 is 4.42 Å². The van der Waals surface area contributed by atoms with Crippen molar-refractivity contribution in [3.8, 4) is 16.8 Å². The molecule has 284 valence electrons. The molecule has 0 bridgehead atoms. The molecule has 0 N–H and O–H groups in total. The van der Waals surface area contributed by atoms with Gasteiger partial charge in [-0.05, 0) is 122 Å². The molecule has 3 nitrogen and oxygen atoms in total. The SMILES string of the molecule is c1ccc2c(-n3c4ccccc4c4cc(-c5ccc(N(c6ccc7oc8ccccc8c7c6)c6ccc7c8ccccc8c8ccccc8c7c6)cc5)ccc43)cccc2c1. The first-order valence-electron chi connectivity index (χ1n) is 20.9. The fourth-order valence-corrected chi connectivity index (χ4v) is 9.95. The third-order valence-corrected chi connectivity index (χ3v) is 12.7. The lowest BCUT2D eigenvalue weighted by molar-refractivity contribution is 0.669. The smallest absolute Gasteiger partial charge is 0.135 e. The van der Waals surface area contributed by atoms with E-state index in [1.165, 1.54) is 81.7 Å². The Morgan fingerprint density at radius 1 is 0.295 bits per heavy atom. The second-order valence-corrected chi connectivity index (χ2v) is 16.1. The molecule has 3 heteroatoms. The molecule has 0 aliphatic heterocycles. The molecule has 0 aliphatic rings. The van der Waals surface area contributed by atoms with E-state index in [9.17, 15) is 0 Å². The normalized spacial score (nSPS) is 11.9. The Kier molecular flexibility index (Phi) is 7.31. The van der Waals surface area contributed by atoms with Crippen LogP contribution in [0.2, 0.25) is 0 Å². The standard InChI is InChI=1S/C58H36N2O/c1-2-14-43-38(12-1)13-11-22-54(43)60-55-21-9-7-19-49(55)52-34-39(26-32-56(52)60)37-24-27-40(28-25-37)59(42-30-33-58-53(36-42)50-20-8-10-23-57(50)61-58)41-29-31-48-46-17-4-3-15-44(46)45-16-5-6-18-47(45)51(48)35-41/h1-36H. The summed E-state index contributed by atoms with van der Waals surface area (Å²) in [6, 6.07) is 79.4. The minimum atomic E-state index is 0.883. The number of nitrogens with zero attached hydrogens (tertiary/aromatic N) is 2. The van der Waals surface area contributed by atoms with E-state index in [1.807, 2.05) is 12.1 Å². The van der Waals surface area contributed by atoms with Gasteiger partial charge < -0.3 is 13.9 Å². The van der Waals surface area contributed by atoms with Crippen molar-refractivity contribution in [1.29, 1.82) is 0 Å². The molecule has 0 atom stereocenters. The van der Waals surface area contributed by atoms with Gasteiger partial charge in [0.1, 0.15) is 11.2 Å². The first kappa shape index (κ1) is 33.8. The summed E-state index contributed by atoms with van der Waals surface area (Å²) in [5, 5.41) is 14.7. The minimum Gasteiger partial charge on any atom is -0.456 e. The van der Waals surface area contributed by atoms with E-state index in [1.54, 1.807) is 0 Å². The van der Waals surface area contributed by atoms with Crippen LogP contribution in [0.1, 0.15) is 0 Å². The second kappa shape index (κ2) is 13.2. The molecule has 61 heavy (non-hydrogen) atoms. The number of aromatic nitrogens is 1. The molecule has 0 spiro atoms. The van der Waals surface area contributed by atoms with E-state index >= 15 is 0 Å². The van der Waals surface area contributed by atoms with Gasteiger partial charge in [-0.15, -0.1) is 0 Å². The van der Waals surface area contributed by atoms with Crippen molar-refractivity contribution in [2.24, 2.45) is 0 Å². The molecule has 0 aliphatic carbocycles. The van der Waals surface area contributed by atoms with Crippen LogP contribution < -0.4 is 4.90 Å². The van der Waals surface area contributed by atoms with Crippen molar-refractivity contribution in [3.63, 3.8) is 0 Å². The van der Waals surface area contributed by atoms with Crippen LogP contribution in [0.3, 0.4) is 0 Å². The molecular weight excluding hydrogens is 741 g/mol. The van der Waals surface area contributed by atoms with E-state index in [2.05, 4.69) is 216 Å². The highest BCUT2D eigenvalue weighted by molar-refractivity contribution is 6.26. The maximum atomic E-state index is 6.29. The molecule has 0 saturated carbocycles. The fourth-order valence-electron chi connectivity index (χ4n) is 9.95. The average molecular weight is 777 g/mol. The van der Waals surface area contributed by atoms with E-state index in [0.29, 0.717) is 0 Å². The second-order valence-electron chi connectivity index (χ2n) is 16.1. The Bertz CT molecular complexity index is 3850. The monoisotopic (exact) mass is 776 g/mol. The quantitative estimate of drug-likeness (QED) is 0.162. The maximum absolute atomic E-state index is 6.29. The van der Waals surface area contributed by atoms with Crippen molar-refractivity contribution in [2.75, 3.05) is 4.90 Å². The molecule has 0 amide bonds. The van der Waals surface area contributed by atoms with Gasteiger partial charge in [0.25, 0.3) is 0 Å². The van der Waals surface area contributed by atoms with Crippen molar-refractivity contribution >= 4 is 104 Å². The fraction of sp³-hybridized carbons (Fsp3) is 0. The summed E-state index contributed by atoms with van der Waals surface area (Å²) in [7, 11) is 0. The molecule has 13 rings (SSSR count). The summed E-state index contributed by atoms with van der Waals surface area (Å²) in [4.78, 5) is 2.38. The minimum absolute atomic E-state index is 0.883. The lowest BCUT2D eigenvalue weighted by Gasteiger charge is -2.26. The molecule has 11 aromatic carbocycles. The van der Waals surface area contributed by atoms with Crippen LogP contribution in [0.25, 0.3) is 104 Å². The number of rotatable bonds is 5. The van der Waals surface area contributed by atoms with Gasteiger partial charge in [0.2, 0.25) is 0 Å². The number of hydrogen-bond acceptors (Lipinski definition) is 2. The summed E-state index contributed by atoms with van der Waals surface area (Å²) < 4.78 is 8.72. The lowest BCUT2D eigenvalue weighted by Crippen LogP contribution is -2.10. The van der Waals surface area contributed by atoms with Crippen LogP contribution in [0, 0.1) is 0 Å². The third kappa shape index (κ3) is 5.17. The van der Waals surface area contributed by atoms with Gasteiger partial charge in [0.15, 0.2) is 0 Å². The summed E-state index contributed by atoms with van der Waals surface area (Å²) in [5.74, 6) is 0. The summed E-state index contributed by atoms with van der Waals surface area (Å²) in [6.45, 7) is 0. The van der Waals surface area contributed by atoms with Crippen LogP contribution >= 0.6 is 0 Å². The zero-order valence-corrected chi connectivity index (χ0v) is 33.1. The summed E-state index contributed by atoms with van der Waals surface area (Å²) >= 11 is 0. The van der Waals surface area contributed by atoms with Gasteiger partial charge in [-0.3, -0.25) is 0 Å². The van der Waals surface area contributed by atoms with E-state index in [0.717, 1.165) is 39.0 Å². The molecule has 13 aromatic rings. The van der Waals surface area contributed by atoms with Gasteiger partial charge in [0, 0.05) is 44.0 Å². The largest absolute Gasteiger partial charge is 0.456 e. The molecule has 0 fully saturated rings. The maximum Gasteiger partial charge on any atom is 0.135 e. The first-order chi connectivity index (χ1) is 30.2. The van der Waals surface area contributed by atoms with Gasteiger partial charge in [-0.2, -0.15) is 0 Å². The van der Waals surface area contributed by atoms with Gasteiger partial charge in [-0.1, -0.05) is 146 Å². The third-order valence-electron chi connectivity index (χ3n) is 12.7. The molecular formula is C58H36N2O. The molecule has 2 aromatic heterocycles. The van der Waals surface area contributed by atoms with Crippen molar-refractivity contribution in [1.82, 2.24) is 4.57 Å². The average Bonchev–Trinajstić information content (AvgIpc) is 3.87. The number of benzene rings is 11. The number of para-hydroxylation sites is 2. The van der Waals surface area contributed by atoms with Crippen LogP contribution in [0.4, 0.5) is 17.1 Å². The van der Waals surface area contributed by atoms with E-state index in [4.69, 9.17) is 4.42 Å². The van der Waals surface area contributed by atoms with Gasteiger partial charge in [-0.25, -0.2) is 0 Å². The Labute approximate surface area is 351 Å². The van der Waals surface area contributed by atoms with Gasteiger partial charge in [0.05, 0.1) is 16.7 Å². The van der Waals surface area contributed by atoms with Crippen LogP contribution in [-0.4, -0.2) is 4.57 Å². The Morgan fingerprint density at radius 3 is 1.59 bits per heavy atom. The molecule has 0 saturated heterocycles. The lowest BCUT2D eigenvalue weighted by atomic mass is 9.94. The topological polar surface area (TPSA) is 21.3 Å². The predicted molar refractivity (Wildman–Crippen MR) is 258 cm³/mol. The zero-order chi connectivity index (χ0) is 40.0. The van der Waals surface area contributed by atoms with Gasteiger partial charge >= 0.3 is 0 Å². The van der Waals surface area contributed by atoms with E-state index < -0.39 is 0 Å². The Hall–Kier alpha value is -8.14. The number of hydrogen-bond donors (Lipinski definition) is 0. The van der Waals surface area contributed by atoms with Crippen molar-refractivity contribution in [2.45, 2.75) is 0 Å². The first-order valence-corrected chi connectivity index (χ1v) is 20.9. The molecule has 2 heterocycles. The van der Waals surface area contributed by atoms with Crippen LogP contribution in [0.5, 0.6) is 0 Å². The van der Waals surface area contributed by atoms with Crippen LogP contribution in [0.15, 0.2) is 223 Å². The van der Waals surface area contributed by atoms with Crippen LogP contribution in [-0.2, 0) is 0 Å². The highest BCUT2D eigenvalue weighted by Crippen LogP contribution is 2.43. The Morgan fingerprint density at radius 2 is 0.820 bits per heavy atom. The zero-order valence-electron chi connectivity index (χ0n) is 33.1. The molecule has 0 radical (unpaired) electrons. The summed E-state index contributed by atoms with van der Waals surface area (Å²) in [6.07, 6.45) is 0. The highest BCUT2D eigenvalue weighted by Gasteiger charge is 2.19. The summed E-state index contributed by atoms with van der Waals surface area (Å²) in [5.41, 5.74) is 11.0. The van der Waals surface area contributed by atoms with Crippen molar-refractivity contribution in [3.05, 3.63) is 218 Å². The van der Waals surface area contributed by atoms with E-state index in [-0.39, 0.29) is 0 Å². The molecule has 0 unspecified atom stereocenters. The predicted octanol–water partition coefficient (Wildman–Crippen LogP) is 16.4. The number of fused-ring (bicyclic) bond motifs is 13. The Balaban J connectivity index is 0.975. The number of anilines is 3. The number of furan rings is 1. The highest BCUT2D eigenvalue weighted by atomic mass is 16.3.